The Morgan fingerprint density at radius 3 is 2.52 bits per heavy atom. The molecule has 0 spiro atoms. The summed E-state index contributed by atoms with van der Waals surface area (Å²) in [5.41, 5.74) is -0.804. The second-order valence-electron chi connectivity index (χ2n) is 5.58. The summed E-state index contributed by atoms with van der Waals surface area (Å²) in [5.74, 6) is 0. The maximum Gasteiger partial charge on any atom is 0.315 e. The van der Waals surface area contributed by atoms with Crippen molar-refractivity contribution in [2.24, 2.45) is 0 Å². The molecule has 1 rings (SSSR count). The van der Waals surface area contributed by atoms with E-state index in [1.807, 2.05) is 27.7 Å². The third-order valence-corrected chi connectivity index (χ3v) is 4.46. The minimum absolute atomic E-state index is 0.130. The number of amides is 2. The summed E-state index contributed by atoms with van der Waals surface area (Å²) in [6.45, 7) is 8.25. The summed E-state index contributed by atoms with van der Waals surface area (Å²) in [7, 11) is 0. The third kappa shape index (κ3) is 6.01. The molecular weight excluding hydrogens is 286 g/mol. The Bertz CT molecular complexity index is 442. The fraction of sp³-hybridized carbons (Fsp3) is 0.733. The first-order valence-corrected chi connectivity index (χ1v) is 8.41. The van der Waals surface area contributed by atoms with E-state index in [-0.39, 0.29) is 18.6 Å². The van der Waals surface area contributed by atoms with Crippen molar-refractivity contribution in [3.05, 3.63) is 16.1 Å². The van der Waals surface area contributed by atoms with E-state index in [9.17, 15) is 9.90 Å². The van der Waals surface area contributed by atoms with Crippen LogP contribution in [0.3, 0.4) is 0 Å². The van der Waals surface area contributed by atoms with E-state index in [1.54, 1.807) is 17.5 Å². The predicted octanol–water partition coefficient (Wildman–Crippen LogP) is 3.14. The van der Waals surface area contributed by atoms with Crippen LogP contribution >= 0.6 is 11.3 Å². The molecule has 0 aliphatic rings. The summed E-state index contributed by atoms with van der Waals surface area (Å²) in [6.07, 6.45) is 4.99. The number of carbonyl (C=O) groups excluding carboxylic acids is 1. The van der Waals surface area contributed by atoms with Gasteiger partial charge in [0, 0.05) is 17.6 Å². The highest BCUT2D eigenvalue weighted by Gasteiger charge is 2.25. The number of urea groups is 1. The molecule has 0 saturated carbocycles. The van der Waals surface area contributed by atoms with E-state index < -0.39 is 5.60 Å². The summed E-state index contributed by atoms with van der Waals surface area (Å²) < 4.78 is 0. The van der Waals surface area contributed by atoms with E-state index >= 15 is 0 Å². The molecular formula is C15H27N3O2S. The number of nitrogens with zero attached hydrogens (tertiary/aromatic N) is 1. The van der Waals surface area contributed by atoms with Crippen molar-refractivity contribution < 1.29 is 9.90 Å². The Balaban J connectivity index is 2.45. The fourth-order valence-electron chi connectivity index (χ4n) is 2.36. The van der Waals surface area contributed by atoms with Crippen LogP contribution < -0.4 is 10.6 Å². The standard InChI is InChI=1S/C15H27N3O2S/c1-5-7-15(20,8-6-2)10-17-14(19)18-12(4)13-16-9-11(3)21-13/h9,12,20H,5-8,10H2,1-4H3,(H2,17,18,19). The van der Waals surface area contributed by atoms with Crippen molar-refractivity contribution in [3.8, 4) is 0 Å². The average molecular weight is 313 g/mol. The van der Waals surface area contributed by atoms with E-state index in [4.69, 9.17) is 0 Å². The van der Waals surface area contributed by atoms with Crippen LogP contribution in [0.4, 0.5) is 4.79 Å². The van der Waals surface area contributed by atoms with Crippen molar-refractivity contribution in [2.75, 3.05) is 6.54 Å². The highest BCUT2D eigenvalue weighted by molar-refractivity contribution is 7.11. The number of rotatable bonds is 8. The first-order valence-electron chi connectivity index (χ1n) is 7.59. The summed E-state index contributed by atoms with van der Waals surface area (Å²) >= 11 is 1.57. The first-order chi connectivity index (χ1) is 9.90. The molecule has 21 heavy (non-hydrogen) atoms. The molecule has 1 heterocycles. The number of carbonyl (C=O) groups is 1. The van der Waals surface area contributed by atoms with E-state index in [1.165, 1.54) is 0 Å². The molecule has 0 bridgehead atoms. The molecule has 1 unspecified atom stereocenters. The van der Waals surface area contributed by atoms with E-state index in [0.29, 0.717) is 12.8 Å². The first kappa shape index (κ1) is 17.9. The van der Waals surface area contributed by atoms with Gasteiger partial charge in [-0.3, -0.25) is 0 Å². The monoisotopic (exact) mass is 313 g/mol. The molecule has 0 saturated heterocycles. The lowest BCUT2D eigenvalue weighted by atomic mass is 9.93. The number of nitrogens with one attached hydrogen (secondary N) is 2. The van der Waals surface area contributed by atoms with E-state index in [2.05, 4.69) is 15.6 Å². The number of hydrogen-bond acceptors (Lipinski definition) is 4. The summed E-state index contributed by atoms with van der Waals surface area (Å²) in [5, 5.41) is 17.0. The molecule has 120 valence electrons. The fourth-order valence-corrected chi connectivity index (χ4v) is 3.14. The normalized spacial score (nSPS) is 13.0. The molecule has 0 aliphatic carbocycles. The molecule has 3 N–H and O–H groups in total. The molecule has 1 aromatic rings. The topological polar surface area (TPSA) is 74.2 Å². The zero-order valence-electron chi connectivity index (χ0n) is 13.4. The van der Waals surface area contributed by atoms with Gasteiger partial charge in [0.1, 0.15) is 5.01 Å². The molecule has 0 radical (unpaired) electrons. The largest absolute Gasteiger partial charge is 0.388 e. The van der Waals surface area contributed by atoms with Gasteiger partial charge >= 0.3 is 6.03 Å². The van der Waals surface area contributed by atoms with Crippen molar-refractivity contribution in [1.29, 1.82) is 0 Å². The van der Waals surface area contributed by atoms with Gasteiger partial charge in [0.25, 0.3) is 0 Å². The van der Waals surface area contributed by atoms with Crippen LogP contribution in [-0.4, -0.2) is 28.3 Å². The Hall–Kier alpha value is -1.14. The van der Waals surface area contributed by atoms with Crippen molar-refractivity contribution in [3.63, 3.8) is 0 Å². The Labute approximate surface area is 131 Å². The van der Waals surface area contributed by atoms with Gasteiger partial charge in [-0.2, -0.15) is 0 Å². The highest BCUT2D eigenvalue weighted by Crippen LogP contribution is 2.20. The second kappa shape index (κ2) is 8.34. The van der Waals surface area contributed by atoms with Gasteiger partial charge in [0.2, 0.25) is 0 Å². The third-order valence-electron chi connectivity index (χ3n) is 3.37. The number of aromatic nitrogens is 1. The zero-order valence-corrected chi connectivity index (χ0v) is 14.2. The Morgan fingerprint density at radius 1 is 1.43 bits per heavy atom. The average Bonchev–Trinajstić information content (AvgIpc) is 2.84. The van der Waals surface area contributed by atoms with Crippen LogP contribution in [0.25, 0.3) is 0 Å². The number of hydrogen-bond donors (Lipinski definition) is 3. The lowest BCUT2D eigenvalue weighted by molar-refractivity contribution is 0.0240. The molecule has 0 aromatic carbocycles. The van der Waals surface area contributed by atoms with E-state index in [0.717, 1.165) is 22.7 Å². The minimum Gasteiger partial charge on any atom is -0.388 e. The van der Waals surface area contributed by atoms with Crippen LogP contribution in [0.5, 0.6) is 0 Å². The van der Waals surface area contributed by atoms with Gasteiger partial charge in [0.05, 0.1) is 11.6 Å². The zero-order chi connectivity index (χ0) is 15.9. The van der Waals surface area contributed by atoms with Crippen LogP contribution in [0.1, 0.15) is 62.4 Å². The Kier molecular flexibility index (Phi) is 7.11. The smallest absolute Gasteiger partial charge is 0.315 e. The molecule has 0 fully saturated rings. The molecule has 6 heteroatoms. The van der Waals surface area contributed by atoms with Gasteiger partial charge in [-0.1, -0.05) is 26.7 Å². The molecule has 1 atom stereocenters. The summed E-state index contributed by atoms with van der Waals surface area (Å²) in [4.78, 5) is 17.3. The number of aliphatic hydroxyl groups is 1. The Morgan fingerprint density at radius 2 is 2.05 bits per heavy atom. The SMILES string of the molecule is CCCC(O)(CCC)CNC(=O)NC(C)c1ncc(C)s1. The summed E-state index contributed by atoms with van der Waals surface area (Å²) in [6, 6.07) is -0.393. The molecule has 2 amide bonds. The molecule has 5 nitrogen and oxygen atoms in total. The van der Waals surface area contributed by atoms with Gasteiger partial charge in [-0.25, -0.2) is 9.78 Å². The van der Waals surface area contributed by atoms with Crippen LogP contribution in [-0.2, 0) is 0 Å². The van der Waals surface area contributed by atoms with Gasteiger partial charge in [-0.15, -0.1) is 11.3 Å². The van der Waals surface area contributed by atoms with Crippen LogP contribution in [0.15, 0.2) is 6.20 Å². The maximum atomic E-state index is 11.9. The van der Waals surface area contributed by atoms with Crippen molar-refractivity contribution >= 4 is 17.4 Å². The quantitative estimate of drug-likeness (QED) is 0.690. The maximum absolute atomic E-state index is 11.9. The number of thiazole rings is 1. The van der Waals surface area contributed by atoms with Gasteiger partial charge in [0.15, 0.2) is 0 Å². The van der Waals surface area contributed by atoms with Crippen LogP contribution in [0.2, 0.25) is 0 Å². The van der Waals surface area contributed by atoms with Gasteiger partial charge < -0.3 is 15.7 Å². The lowest BCUT2D eigenvalue weighted by Gasteiger charge is -2.28. The van der Waals surface area contributed by atoms with Crippen molar-refractivity contribution in [2.45, 2.75) is 65.0 Å². The minimum atomic E-state index is -0.804. The van der Waals surface area contributed by atoms with Crippen LogP contribution in [0, 0.1) is 6.92 Å². The molecule has 1 aromatic heterocycles. The van der Waals surface area contributed by atoms with Crippen molar-refractivity contribution in [1.82, 2.24) is 15.6 Å². The predicted molar refractivity (Wildman–Crippen MR) is 86.6 cm³/mol. The second-order valence-corrected chi connectivity index (χ2v) is 6.85. The highest BCUT2D eigenvalue weighted by atomic mass is 32.1. The number of aryl methyl sites for hydroxylation is 1. The van der Waals surface area contributed by atoms with Gasteiger partial charge in [-0.05, 0) is 26.7 Å². The lowest BCUT2D eigenvalue weighted by Crippen LogP contribution is -2.46. The molecule has 0 aliphatic heterocycles.